The van der Waals surface area contributed by atoms with E-state index in [2.05, 4.69) is 12.1 Å². The number of fused-ring (bicyclic) bond motifs is 1. The third kappa shape index (κ3) is 3.06. The van der Waals surface area contributed by atoms with Gasteiger partial charge in [-0.2, -0.15) is 0 Å². The average Bonchev–Trinajstić information content (AvgIpc) is 2.96. The molecule has 2 aromatic carbocycles. The summed E-state index contributed by atoms with van der Waals surface area (Å²) < 4.78 is 25.8. The zero-order valence-corrected chi connectivity index (χ0v) is 12.6. The highest BCUT2D eigenvalue weighted by Crippen LogP contribution is 2.25. The van der Waals surface area contributed by atoms with Gasteiger partial charge in [0.2, 0.25) is 0 Å². The summed E-state index contributed by atoms with van der Waals surface area (Å²) in [6.07, 6.45) is 3.38. The smallest absolute Gasteiger partial charge is 0.123 e. The van der Waals surface area contributed by atoms with Crippen LogP contribution in [0.25, 0.3) is 0 Å². The summed E-state index contributed by atoms with van der Waals surface area (Å²) in [7, 11) is -1.12. The molecule has 0 aromatic heterocycles. The van der Waals surface area contributed by atoms with Gasteiger partial charge >= 0.3 is 0 Å². The number of hydrogen-bond donors (Lipinski definition) is 1. The van der Waals surface area contributed by atoms with Gasteiger partial charge in [-0.1, -0.05) is 12.1 Å². The van der Waals surface area contributed by atoms with Gasteiger partial charge in [-0.3, -0.25) is 4.21 Å². The number of nitrogens with two attached hydrogens (primary N) is 1. The van der Waals surface area contributed by atoms with Crippen LogP contribution in [-0.2, 0) is 35.9 Å². The molecule has 0 fully saturated rings. The zero-order chi connectivity index (χ0) is 14.8. The van der Waals surface area contributed by atoms with Crippen LogP contribution in [0.4, 0.5) is 4.39 Å². The fraction of sp³-hybridized carbons (Fsp3) is 0.294. The molecule has 1 unspecified atom stereocenters. The van der Waals surface area contributed by atoms with Crippen molar-refractivity contribution in [1.82, 2.24) is 0 Å². The monoisotopic (exact) mass is 303 g/mol. The Morgan fingerprint density at radius 3 is 2.67 bits per heavy atom. The van der Waals surface area contributed by atoms with Crippen molar-refractivity contribution < 1.29 is 8.60 Å². The fourth-order valence-electron chi connectivity index (χ4n) is 2.84. The molecular formula is C17H18FNOS. The van der Waals surface area contributed by atoms with E-state index in [1.54, 1.807) is 6.07 Å². The van der Waals surface area contributed by atoms with E-state index in [0.717, 1.165) is 28.9 Å². The van der Waals surface area contributed by atoms with Crippen LogP contribution in [0.15, 0.2) is 41.3 Å². The summed E-state index contributed by atoms with van der Waals surface area (Å²) in [5.41, 5.74) is 9.92. The molecule has 0 saturated carbocycles. The van der Waals surface area contributed by atoms with E-state index in [4.69, 9.17) is 5.73 Å². The van der Waals surface area contributed by atoms with Crippen LogP contribution < -0.4 is 5.73 Å². The molecule has 3 rings (SSSR count). The lowest BCUT2D eigenvalue weighted by Gasteiger charge is -2.09. The van der Waals surface area contributed by atoms with Crippen molar-refractivity contribution in [2.75, 3.05) is 0 Å². The first-order chi connectivity index (χ1) is 10.2. The van der Waals surface area contributed by atoms with Gasteiger partial charge in [0.05, 0.1) is 16.6 Å². The van der Waals surface area contributed by atoms with Crippen LogP contribution in [0.3, 0.4) is 0 Å². The molecule has 21 heavy (non-hydrogen) atoms. The molecule has 4 heteroatoms. The van der Waals surface area contributed by atoms with Gasteiger partial charge in [-0.25, -0.2) is 4.39 Å². The molecule has 1 aliphatic rings. The zero-order valence-electron chi connectivity index (χ0n) is 11.8. The molecule has 0 spiro atoms. The first-order valence-electron chi connectivity index (χ1n) is 7.15. The second kappa shape index (κ2) is 6.08. The Morgan fingerprint density at radius 1 is 1.05 bits per heavy atom. The third-order valence-corrected chi connectivity index (χ3v) is 5.36. The molecule has 2 nitrogen and oxygen atoms in total. The molecule has 0 aliphatic heterocycles. The summed E-state index contributed by atoms with van der Waals surface area (Å²) in [6, 6.07) is 10.6. The van der Waals surface area contributed by atoms with Gasteiger partial charge in [0.25, 0.3) is 0 Å². The molecule has 1 atom stereocenters. The summed E-state index contributed by atoms with van der Waals surface area (Å²) in [5.74, 6) is 0.0773. The Morgan fingerprint density at radius 2 is 1.86 bits per heavy atom. The summed E-state index contributed by atoms with van der Waals surface area (Å²) >= 11 is 0. The number of aryl methyl sites for hydroxylation is 2. The maximum absolute atomic E-state index is 13.2. The third-order valence-electron chi connectivity index (χ3n) is 4.01. The van der Waals surface area contributed by atoms with E-state index >= 15 is 0 Å². The van der Waals surface area contributed by atoms with Gasteiger partial charge in [-0.15, -0.1) is 0 Å². The van der Waals surface area contributed by atoms with Crippen molar-refractivity contribution >= 4 is 10.8 Å². The molecule has 0 bridgehead atoms. The van der Waals surface area contributed by atoms with Crippen LogP contribution in [0.2, 0.25) is 0 Å². The molecule has 0 saturated heterocycles. The number of benzene rings is 2. The van der Waals surface area contributed by atoms with E-state index in [0.29, 0.717) is 5.75 Å². The standard InChI is InChI=1S/C17H18FNOS/c18-16-6-4-14(15(8-16)10-19)11-21(20)17-7-5-12-2-1-3-13(12)9-17/h4-9H,1-3,10-11,19H2. The van der Waals surface area contributed by atoms with Crippen molar-refractivity contribution in [1.29, 1.82) is 0 Å². The Balaban J connectivity index is 1.83. The fourth-order valence-corrected chi connectivity index (χ4v) is 4.06. The highest BCUT2D eigenvalue weighted by molar-refractivity contribution is 7.84. The minimum atomic E-state index is -1.12. The lowest BCUT2D eigenvalue weighted by molar-refractivity contribution is 0.624. The van der Waals surface area contributed by atoms with Crippen molar-refractivity contribution in [2.45, 2.75) is 36.5 Å². The Labute approximate surface area is 126 Å². The van der Waals surface area contributed by atoms with Gasteiger partial charge in [-0.05, 0) is 65.8 Å². The van der Waals surface area contributed by atoms with E-state index < -0.39 is 10.8 Å². The van der Waals surface area contributed by atoms with Crippen LogP contribution >= 0.6 is 0 Å². The van der Waals surface area contributed by atoms with E-state index in [1.807, 2.05) is 6.07 Å². The Hall–Kier alpha value is -1.52. The molecule has 0 radical (unpaired) electrons. The maximum Gasteiger partial charge on any atom is 0.123 e. The number of halogens is 1. The second-order valence-electron chi connectivity index (χ2n) is 5.39. The summed E-state index contributed by atoms with van der Waals surface area (Å²) in [5, 5.41) is 0. The molecule has 110 valence electrons. The normalized spacial score (nSPS) is 15.0. The lowest BCUT2D eigenvalue weighted by atomic mass is 10.1. The molecule has 0 heterocycles. The number of hydrogen-bond acceptors (Lipinski definition) is 2. The van der Waals surface area contributed by atoms with Crippen LogP contribution in [0.1, 0.15) is 28.7 Å². The molecular weight excluding hydrogens is 285 g/mol. The SMILES string of the molecule is NCc1cc(F)ccc1CS(=O)c1ccc2c(c1)CCC2. The molecule has 0 amide bonds. The highest BCUT2D eigenvalue weighted by atomic mass is 32.2. The van der Waals surface area contributed by atoms with Gasteiger partial charge in [0.1, 0.15) is 5.82 Å². The van der Waals surface area contributed by atoms with Crippen molar-refractivity contribution in [3.05, 3.63) is 64.5 Å². The van der Waals surface area contributed by atoms with Crippen molar-refractivity contribution in [2.24, 2.45) is 5.73 Å². The highest BCUT2D eigenvalue weighted by Gasteiger charge is 2.14. The average molecular weight is 303 g/mol. The first-order valence-corrected chi connectivity index (χ1v) is 8.47. The van der Waals surface area contributed by atoms with Gasteiger partial charge < -0.3 is 5.73 Å². The summed E-state index contributed by atoms with van der Waals surface area (Å²) in [6.45, 7) is 0.258. The summed E-state index contributed by atoms with van der Waals surface area (Å²) in [4.78, 5) is 0.850. The molecule has 1 aliphatic carbocycles. The Kier molecular flexibility index (Phi) is 4.17. The maximum atomic E-state index is 13.2. The quantitative estimate of drug-likeness (QED) is 0.943. The predicted octanol–water partition coefficient (Wildman–Crippen LogP) is 3.08. The van der Waals surface area contributed by atoms with Gasteiger partial charge in [0.15, 0.2) is 0 Å². The van der Waals surface area contributed by atoms with Crippen molar-refractivity contribution in [3.63, 3.8) is 0 Å². The van der Waals surface area contributed by atoms with Crippen molar-refractivity contribution in [3.8, 4) is 0 Å². The largest absolute Gasteiger partial charge is 0.326 e. The minimum Gasteiger partial charge on any atom is -0.326 e. The minimum absolute atomic E-state index is 0.258. The van der Waals surface area contributed by atoms with Crippen LogP contribution in [-0.4, -0.2) is 4.21 Å². The second-order valence-corrected chi connectivity index (χ2v) is 6.84. The topological polar surface area (TPSA) is 43.1 Å². The molecule has 2 aromatic rings. The van der Waals surface area contributed by atoms with Gasteiger partial charge in [0, 0.05) is 11.4 Å². The lowest BCUT2D eigenvalue weighted by Crippen LogP contribution is -2.05. The Bertz CT molecular complexity index is 699. The van der Waals surface area contributed by atoms with Crippen LogP contribution in [0.5, 0.6) is 0 Å². The first kappa shape index (κ1) is 14.4. The predicted molar refractivity (Wildman–Crippen MR) is 82.9 cm³/mol. The molecule has 2 N–H and O–H groups in total. The van der Waals surface area contributed by atoms with Crippen LogP contribution in [0, 0.1) is 5.82 Å². The van der Waals surface area contributed by atoms with E-state index in [-0.39, 0.29) is 12.4 Å². The number of rotatable bonds is 4. The van der Waals surface area contributed by atoms with E-state index in [1.165, 1.54) is 29.7 Å². The van der Waals surface area contributed by atoms with E-state index in [9.17, 15) is 8.60 Å².